The maximum absolute atomic E-state index is 11.8. The summed E-state index contributed by atoms with van der Waals surface area (Å²) >= 11 is 0. The number of β-amino-alcohol motifs (C(OH)–C–C–N with tert-alkyl or cyclic N) is 1. The monoisotopic (exact) mass is 198 g/mol. The number of amides is 1. The lowest BCUT2D eigenvalue weighted by atomic mass is 9.75. The zero-order chi connectivity index (χ0) is 10.4. The number of rotatable bonds is 2. The molecular formula is C10H18N2O2. The third-order valence-electron chi connectivity index (χ3n) is 3.59. The third-order valence-corrected chi connectivity index (χ3v) is 3.59. The quantitative estimate of drug-likeness (QED) is 0.648. The molecule has 0 atom stereocenters. The van der Waals surface area contributed by atoms with E-state index in [1.807, 2.05) is 6.92 Å². The second-order valence-corrected chi connectivity index (χ2v) is 4.75. The normalized spacial score (nSPS) is 27.8. The summed E-state index contributed by atoms with van der Waals surface area (Å²) in [5.41, 5.74) is 4.67. The maximum Gasteiger partial charge on any atom is 0.242 e. The van der Waals surface area contributed by atoms with Gasteiger partial charge >= 0.3 is 0 Å². The van der Waals surface area contributed by atoms with Gasteiger partial charge in [0.15, 0.2) is 0 Å². The Morgan fingerprint density at radius 2 is 2.07 bits per heavy atom. The van der Waals surface area contributed by atoms with Gasteiger partial charge in [0.1, 0.15) is 0 Å². The SMILES string of the molecule is CCC1(O)CN(C(=O)C2(N)CCC2)C1. The molecule has 0 aromatic carbocycles. The van der Waals surface area contributed by atoms with E-state index in [1.165, 1.54) is 0 Å². The molecule has 3 N–H and O–H groups in total. The van der Waals surface area contributed by atoms with Crippen LogP contribution in [0.4, 0.5) is 0 Å². The number of nitrogens with two attached hydrogens (primary N) is 1. The van der Waals surface area contributed by atoms with Crippen molar-refractivity contribution in [2.75, 3.05) is 13.1 Å². The molecule has 1 saturated heterocycles. The summed E-state index contributed by atoms with van der Waals surface area (Å²) < 4.78 is 0. The van der Waals surface area contributed by atoms with E-state index in [0.29, 0.717) is 19.5 Å². The fraction of sp³-hybridized carbons (Fsp3) is 0.900. The summed E-state index contributed by atoms with van der Waals surface area (Å²) in [7, 11) is 0. The first kappa shape index (κ1) is 9.93. The molecule has 1 aliphatic carbocycles. The summed E-state index contributed by atoms with van der Waals surface area (Å²) in [5.74, 6) is 0.0295. The minimum atomic E-state index is -0.643. The van der Waals surface area contributed by atoms with Crippen LogP contribution in [0.5, 0.6) is 0 Å². The minimum Gasteiger partial charge on any atom is -0.386 e. The van der Waals surface area contributed by atoms with E-state index in [2.05, 4.69) is 0 Å². The van der Waals surface area contributed by atoms with Crippen molar-refractivity contribution in [1.82, 2.24) is 4.90 Å². The van der Waals surface area contributed by atoms with Crippen molar-refractivity contribution < 1.29 is 9.90 Å². The highest BCUT2D eigenvalue weighted by Crippen LogP contribution is 2.34. The predicted octanol–water partition coefficient (Wildman–Crippen LogP) is -0.149. The highest BCUT2D eigenvalue weighted by Gasteiger charge is 2.49. The average molecular weight is 198 g/mol. The summed E-state index contributed by atoms with van der Waals surface area (Å²) in [6.45, 7) is 2.85. The van der Waals surface area contributed by atoms with Crippen LogP contribution in [0.3, 0.4) is 0 Å². The van der Waals surface area contributed by atoms with E-state index < -0.39 is 11.1 Å². The minimum absolute atomic E-state index is 0.0295. The second kappa shape index (κ2) is 2.94. The van der Waals surface area contributed by atoms with Crippen LogP contribution < -0.4 is 5.73 Å². The molecule has 1 amide bonds. The first-order valence-corrected chi connectivity index (χ1v) is 5.30. The van der Waals surface area contributed by atoms with Crippen LogP contribution in [0.25, 0.3) is 0 Å². The molecule has 2 aliphatic rings. The number of carbonyl (C=O) groups excluding carboxylic acids is 1. The van der Waals surface area contributed by atoms with Crippen molar-refractivity contribution in [3.05, 3.63) is 0 Å². The van der Waals surface area contributed by atoms with Crippen LogP contribution in [-0.4, -0.2) is 40.1 Å². The number of aliphatic hydroxyl groups is 1. The zero-order valence-corrected chi connectivity index (χ0v) is 8.62. The molecule has 14 heavy (non-hydrogen) atoms. The lowest BCUT2D eigenvalue weighted by Gasteiger charge is -2.50. The molecule has 1 aliphatic heterocycles. The van der Waals surface area contributed by atoms with Crippen molar-refractivity contribution in [2.24, 2.45) is 5.73 Å². The van der Waals surface area contributed by atoms with Gasteiger partial charge in [0.2, 0.25) is 5.91 Å². The first-order chi connectivity index (χ1) is 6.49. The molecule has 2 fully saturated rings. The molecule has 0 aromatic rings. The molecule has 0 spiro atoms. The molecular weight excluding hydrogens is 180 g/mol. The molecule has 2 rings (SSSR count). The van der Waals surface area contributed by atoms with Crippen molar-refractivity contribution >= 4 is 5.91 Å². The number of carbonyl (C=O) groups is 1. The summed E-state index contributed by atoms with van der Waals surface area (Å²) in [6.07, 6.45) is 3.35. The van der Waals surface area contributed by atoms with Gasteiger partial charge in [0.25, 0.3) is 0 Å². The molecule has 0 unspecified atom stereocenters. The maximum atomic E-state index is 11.8. The van der Waals surface area contributed by atoms with E-state index in [9.17, 15) is 9.90 Å². The Morgan fingerprint density at radius 1 is 1.50 bits per heavy atom. The fourth-order valence-corrected chi connectivity index (χ4v) is 2.12. The van der Waals surface area contributed by atoms with Gasteiger partial charge in [-0.3, -0.25) is 4.79 Å². The molecule has 1 saturated carbocycles. The fourth-order valence-electron chi connectivity index (χ4n) is 2.12. The Hall–Kier alpha value is -0.610. The second-order valence-electron chi connectivity index (χ2n) is 4.75. The number of nitrogens with zero attached hydrogens (tertiary/aromatic N) is 1. The Labute approximate surface area is 84.1 Å². The molecule has 1 heterocycles. The lowest BCUT2D eigenvalue weighted by molar-refractivity contribution is -0.164. The molecule has 80 valence electrons. The third kappa shape index (κ3) is 1.33. The highest BCUT2D eigenvalue weighted by atomic mass is 16.3. The van der Waals surface area contributed by atoms with E-state index in [1.54, 1.807) is 4.90 Å². The average Bonchev–Trinajstić information content (AvgIpc) is 2.07. The van der Waals surface area contributed by atoms with Crippen molar-refractivity contribution in [2.45, 2.75) is 43.7 Å². The van der Waals surface area contributed by atoms with Crippen LogP contribution in [-0.2, 0) is 4.79 Å². The van der Waals surface area contributed by atoms with Crippen LogP contribution in [0.15, 0.2) is 0 Å². The van der Waals surface area contributed by atoms with Gasteiger partial charge in [0, 0.05) is 0 Å². The smallest absolute Gasteiger partial charge is 0.242 e. The lowest BCUT2D eigenvalue weighted by Crippen LogP contribution is -2.70. The largest absolute Gasteiger partial charge is 0.386 e. The number of likely N-dealkylation sites (tertiary alicyclic amines) is 1. The number of hydrogen-bond acceptors (Lipinski definition) is 3. The Bertz CT molecular complexity index is 255. The Morgan fingerprint density at radius 3 is 2.43 bits per heavy atom. The summed E-state index contributed by atoms with van der Waals surface area (Å²) in [4.78, 5) is 13.5. The van der Waals surface area contributed by atoms with Crippen LogP contribution in [0.1, 0.15) is 32.6 Å². The Balaban J connectivity index is 1.90. The van der Waals surface area contributed by atoms with Gasteiger partial charge in [-0.1, -0.05) is 6.92 Å². The number of hydrogen-bond donors (Lipinski definition) is 2. The van der Waals surface area contributed by atoms with Gasteiger partial charge in [-0.15, -0.1) is 0 Å². The van der Waals surface area contributed by atoms with Crippen LogP contribution in [0, 0.1) is 0 Å². The van der Waals surface area contributed by atoms with Gasteiger partial charge < -0.3 is 15.7 Å². The Kier molecular flexibility index (Phi) is 2.08. The van der Waals surface area contributed by atoms with Crippen molar-refractivity contribution in [3.8, 4) is 0 Å². The first-order valence-electron chi connectivity index (χ1n) is 5.30. The molecule has 0 bridgehead atoms. The standard InChI is InChI=1S/C10H18N2O2/c1-2-9(14)6-12(7-9)8(13)10(11)4-3-5-10/h14H,2-7,11H2,1H3. The van der Waals surface area contributed by atoms with E-state index >= 15 is 0 Å². The van der Waals surface area contributed by atoms with Gasteiger partial charge in [-0.2, -0.15) is 0 Å². The van der Waals surface area contributed by atoms with Crippen molar-refractivity contribution in [1.29, 1.82) is 0 Å². The topological polar surface area (TPSA) is 66.6 Å². The highest BCUT2D eigenvalue weighted by molar-refractivity contribution is 5.88. The van der Waals surface area contributed by atoms with Crippen molar-refractivity contribution in [3.63, 3.8) is 0 Å². The molecule has 0 radical (unpaired) electrons. The van der Waals surface area contributed by atoms with E-state index in [4.69, 9.17) is 5.73 Å². The summed E-state index contributed by atoms with van der Waals surface area (Å²) in [6, 6.07) is 0. The predicted molar refractivity (Wildman–Crippen MR) is 52.6 cm³/mol. The van der Waals surface area contributed by atoms with Gasteiger partial charge in [0.05, 0.1) is 24.2 Å². The zero-order valence-electron chi connectivity index (χ0n) is 8.62. The van der Waals surface area contributed by atoms with Crippen LogP contribution in [0.2, 0.25) is 0 Å². The van der Waals surface area contributed by atoms with Gasteiger partial charge in [-0.05, 0) is 25.7 Å². The van der Waals surface area contributed by atoms with E-state index in [-0.39, 0.29) is 5.91 Å². The van der Waals surface area contributed by atoms with Crippen LogP contribution >= 0.6 is 0 Å². The molecule has 4 nitrogen and oxygen atoms in total. The summed E-state index contributed by atoms with van der Waals surface area (Å²) in [5, 5.41) is 9.76. The molecule has 0 aromatic heterocycles. The van der Waals surface area contributed by atoms with E-state index in [0.717, 1.165) is 19.3 Å². The van der Waals surface area contributed by atoms with Gasteiger partial charge in [-0.25, -0.2) is 0 Å². The molecule has 4 heteroatoms.